The first kappa shape index (κ1) is 14.9. The van der Waals surface area contributed by atoms with Gasteiger partial charge in [0.05, 0.1) is 8.45 Å². The number of carbonyl (C=O) groups excluding carboxylic acids is 2. The van der Waals surface area contributed by atoms with E-state index >= 15 is 0 Å². The van der Waals surface area contributed by atoms with Crippen LogP contribution in [0.2, 0.25) is 0 Å². The standard InChI is InChI=1S/C13H10FIN2O2S/c1-6-9(14)2-7(12(16)18)3-10(6)17-13(19)8-4-11(15)20-5-8/h2-5H,1H3,(H2,16,18)(H,17,19). The summed E-state index contributed by atoms with van der Waals surface area (Å²) in [6, 6.07) is 4.15. The van der Waals surface area contributed by atoms with Crippen molar-refractivity contribution in [2.75, 3.05) is 5.32 Å². The molecule has 0 aliphatic carbocycles. The van der Waals surface area contributed by atoms with Crippen molar-refractivity contribution in [1.29, 1.82) is 0 Å². The number of anilines is 1. The van der Waals surface area contributed by atoms with Crippen molar-refractivity contribution in [3.63, 3.8) is 0 Å². The van der Waals surface area contributed by atoms with Gasteiger partial charge in [0.1, 0.15) is 5.82 Å². The van der Waals surface area contributed by atoms with E-state index in [1.807, 2.05) is 0 Å². The van der Waals surface area contributed by atoms with Crippen molar-refractivity contribution in [2.24, 2.45) is 5.73 Å². The van der Waals surface area contributed by atoms with Crippen LogP contribution in [-0.4, -0.2) is 11.8 Å². The van der Waals surface area contributed by atoms with Gasteiger partial charge in [-0.3, -0.25) is 9.59 Å². The minimum absolute atomic E-state index is 0.0169. The lowest BCUT2D eigenvalue weighted by Crippen LogP contribution is -2.16. The van der Waals surface area contributed by atoms with Gasteiger partial charge >= 0.3 is 0 Å². The molecule has 2 rings (SSSR count). The molecule has 0 unspecified atom stereocenters. The van der Waals surface area contributed by atoms with E-state index < -0.39 is 11.7 Å². The Kier molecular flexibility index (Phi) is 4.39. The molecule has 2 amide bonds. The van der Waals surface area contributed by atoms with E-state index in [-0.39, 0.29) is 22.7 Å². The Morgan fingerprint density at radius 1 is 1.30 bits per heavy atom. The molecule has 0 radical (unpaired) electrons. The van der Waals surface area contributed by atoms with E-state index in [1.165, 1.54) is 24.3 Å². The number of hydrogen-bond acceptors (Lipinski definition) is 3. The predicted molar refractivity (Wildman–Crippen MR) is 84.6 cm³/mol. The smallest absolute Gasteiger partial charge is 0.256 e. The number of thiophene rings is 1. The molecule has 0 atom stereocenters. The Morgan fingerprint density at radius 2 is 2.00 bits per heavy atom. The number of halogens is 2. The number of benzene rings is 1. The fourth-order valence-electron chi connectivity index (χ4n) is 1.57. The molecule has 4 nitrogen and oxygen atoms in total. The van der Waals surface area contributed by atoms with Crippen LogP contribution in [0.25, 0.3) is 0 Å². The molecule has 0 aliphatic rings. The summed E-state index contributed by atoms with van der Waals surface area (Å²) in [4.78, 5) is 23.1. The number of rotatable bonds is 3. The molecule has 2 aromatic rings. The number of carbonyl (C=O) groups is 2. The molecule has 0 saturated carbocycles. The maximum absolute atomic E-state index is 13.7. The highest BCUT2D eigenvalue weighted by molar-refractivity contribution is 14.1. The second-order valence-corrected chi connectivity index (χ2v) is 6.89. The summed E-state index contributed by atoms with van der Waals surface area (Å²) in [5.74, 6) is -1.69. The highest BCUT2D eigenvalue weighted by Crippen LogP contribution is 2.23. The molecule has 1 aromatic carbocycles. The van der Waals surface area contributed by atoms with Crippen LogP contribution in [0.3, 0.4) is 0 Å². The number of primary amides is 1. The lowest BCUT2D eigenvalue weighted by atomic mass is 10.1. The van der Waals surface area contributed by atoms with Crippen molar-refractivity contribution in [1.82, 2.24) is 0 Å². The lowest BCUT2D eigenvalue weighted by Gasteiger charge is -2.10. The summed E-state index contributed by atoms with van der Waals surface area (Å²) in [6.07, 6.45) is 0. The van der Waals surface area contributed by atoms with Crippen LogP contribution in [0.4, 0.5) is 10.1 Å². The fraction of sp³-hybridized carbons (Fsp3) is 0.0769. The number of nitrogens with one attached hydrogen (secondary N) is 1. The van der Waals surface area contributed by atoms with Gasteiger partial charge in [-0.1, -0.05) is 0 Å². The zero-order valence-corrected chi connectivity index (χ0v) is 13.3. The van der Waals surface area contributed by atoms with Crippen molar-refractivity contribution in [2.45, 2.75) is 6.92 Å². The summed E-state index contributed by atoms with van der Waals surface area (Å²) in [5, 5.41) is 4.30. The van der Waals surface area contributed by atoms with Crippen molar-refractivity contribution >= 4 is 51.4 Å². The molecule has 7 heteroatoms. The Labute approximate surface area is 132 Å². The molecule has 0 spiro atoms. The van der Waals surface area contributed by atoms with Crippen LogP contribution in [0.15, 0.2) is 23.6 Å². The molecule has 0 saturated heterocycles. The third-order valence-corrected chi connectivity index (χ3v) is 4.50. The second kappa shape index (κ2) is 5.88. The molecule has 3 N–H and O–H groups in total. The van der Waals surface area contributed by atoms with Crippen LogP contribution in [0.1, 0.15) is 26.3 Å². The van der Waals surface area contributed by atoms with Gasteiger partial charge in [0.2, 0.25) is 5.91 Å². The lowest BCUT2D eigenvalue weighted by molar-refractivity contribution is 0.0995. The summed E-state index contributed by atoms with van der Waals surface area (Å²) in [5.41, 5.74) is 6.13. The van der Waals surface area contributed by atoms with Gasteiger partial charge in [-0.05, 0) is 47.7 Å². The maximum atomic E-state index is 13.7. The van der Waals surface area contributed by atoms with E-state index in [2.05, 4.69) is 27.9 Å². The van der Waals surface area contributed by atoms with E-state index in [9.17, 15) is 14.0 Å². The first-order valence-electron chi connectivity index (χ1n) is 5.54. The molecular formula is C13H10FIN2O2S. The van der Waals surface area contributed by atoms with Crippen molar-refractivity contribution < 1.29 is 14.0 Å². The Morgan fingerprint density at radius 3 is 2.55 bits per heavy atom. The molecule has 0 bridgehead atoms. The molecule has 20 heavy (non-hydrogen) atoms. The summed E-state index contributed by atoms with van der Waals surface area (Å²) >= 11 is 3.54. The minimum atomic E-state index is -0.746. The van der Waals surface area contributed by atoms with Gasteiger partial charge in [-0.25, -0.2) is 4.39 Å². The number of hydrogen-bond donors (Lipinski definition) is 2. The SMILES string of the molecule is Cc1c(F)cc(C(N)=O)cc1NC(=O)c1csc(I)c1. The molecule has 0 aliphatic heterocycles. The number of amides is 2. The fourth-order valence-corrected chi connectivity index (χ4v) is 2.90. The van der Waals surface area contributed by atoms with Gasteiger partial charge < -0.3 is 11.1 Å². The number of nitrogens with two attached hydrogens (primary N) is 1. The molecular weight excluding hydrogens is 394 g/mol. The Balaban J connectivity index is 2.33. The molecule has 1 heterocycles. The maximum Gasteiger partial charge on any atom is 0.256 e. The summed E-state index contributed by atoms with van der Waals surface area (Å²) < 4.78 is 14.7. The van der Waals surface area contributed by atoms with Crippen LogP contribution in [-0.2, 0) is 0 Å². The highest BCUT2D eigenvalue weighted by atomic mass is 127. The molecule has 104 valence electrons. The normalized spacial score (nSPS) is 10.3. The van der Waals surface area contributed by atoms with E-state index in [0.29, 0.717) is 5.56 Å². The minimum Gasteiger partial charge on any atom is -0.366 e. The second-order valence-electron chi connectivity index (χ2n) is 4.09. The topological polar surface area (TPSA) is 72.2 Å². The Bertz CT molecular complexity index is 700. The predicted octanol–water partition coefficient (Wildman–Crippen LogP) is 3.15. The van der Waals surface area contributed by atoms with E-state index in [4.69, 9.17) is 5.73 Å². The van der Waals surface area contributed by atoms with Crippen LogP contribution >= 0.6 is 33.9 Å². The van der Waals surface area contributed by atoms with Crippen LogP contribution in [0.5, 0.6) is 0 Å². The van der Waals surface area contributed by atoms with Crippen molar-refractivity contribution in [3.05, 3.63) is 49.0 Å². The third kappa shape index (κ3) is 3.15. The average molecular weight is 404 g/mol. The zero-order chi connectivity index (χ0) is 14.9. The average Bonchev–Trinajstić information content (AvgIpc) is 2.81. The van der Waals surface area contributed by atoms with Gasteiger partial charge in [0, 0.05) is 22.2 Å². The Hall–Kier alpha value is -1.48. The first-order valence-corrected chi connectivity index (χ1v) is 7.49. The van der Waals surface area contributed by atoms with E-state index in [0.717, 1.165) is 8.95 Å². The van der Waals surface area contributed by atoms with Gasteiger partial charge in [-0.15, -0.1) is 11.3 Å². The van der Waals surface area contributed by atoms with Gasteiger partial charge in [0.15, 0.2) is 0 Å². The first-order chi connectivity index (χ1) is 9.38. The highest BCUT2D eigenvalue weighted by Gasteiger charge is 2.14. The summed E-state index contributed by atoms with van der Waals surface area (Å²) in [6.45, 7) is 1.52. The molecule has 0 fully saturated rings. The van der Waals surface area contributed by atoms with Crippen LogP contribution < -0.4 is 11.1 Å². The molecule has 1 aromatic heterocycles. The largest absolute Gasteiger partial charge is 0.366 e. The van der Waals surface area contributed by atoms with Crippen molar-refractivity contribution in [3.8, 4) is 0 Å². The monoisotopic (exact) mass is 404 g/mol. The van der Waals surface area contributed by atoms with Gasteiger partial charge in [-0.2, -0.15) is 0 Å². The van der Waals surface area contributed by atoms with E-state index in [1.54, 1.807) is 11.4 Å². The third-order valence-electron chi connectivity index (χ3n) is 2.71. The zero-order valence-electron chi connectivity index (χ0n) is 10.4. The van der Waals surface area contributed by atoms with Crippen LogP contribution in [0, 0.1) is 15.6 Å². The quantitative estimate of drug-likeness (QED) is 0.772. The van der Waals surface area contributed by atoms with Gasteiger partial charge in [0.25, 0.3) is 5.91 Å². The summed E-state index contributed by atoms with van der Waals surface area (Å²) in [7, 11) is 0.